The van der Waals surface area contributed by atoms with Gasteiger partial charge in [0.2, 0.25) is 0 Å². The molecule has 0 bridgehead atoms. The predicted octanol–water partition coefficient (Wildman–Crippen LogP) is 2.03. The van der Waals surface area contributed by atoms with Crippen LogP contribution in [-0.4, -0.2) is 10.8 Å². The van der Waals surface area contributed by atoms with E-state index in [0.29, 0.717) is 5.69 Å². The van der Waals surface area contributed by atoms with Gasteiger partial charge in [0.1, 0.15) is 0 Å². The lowest BCUT2D eigenvalue weighted by Gasteiger charge is -2.00. The van der Waals surface area contributed by atoms with E-state index in [2.05, 4.69) is 20.9 Å². The first-order valence-corrected chi connectivity index (χ1v) is 4.48. The summed E-state index contributed by atoms with van der Waals surface area (Å²) in [6.07, 6.45) is 6.33. The molecule has 0 unspecified atom stereocenters. The summed E-state index contributed by atoms with van der Waals surface area (Å²) in [5, 5.41) is 0. The number of anilines is 1. The van der Waals surface area contributed by atoms with Crippen molar-refractivity contribution in [3.63, 3.8) is 0 Å². The molecule has 1 aromatic rings. The van der Waals surface area contributed by atoms with Gasteiger partial charge in [-0.05, 0) is 35.0 Å². The second-order valence-electron chi connectivity index (χ2n) is 2.57. The third kappa shape index (κ3) is 2.66. The number of aromatic nitrogens is 1. The number of nitrogens with zero attached hydrogens (tertiary/aromatic N) is 1. The van der Waals surface area contributed by atoms with Crippen LogP contribution in [0.2, 0.25) is 0 Å². The molecule has 3 nitrogen and oxygen atoms in total. The van der Waals surface area contributed by atoms with Crippen molar-refractivity contribution in [2.75, 3.05) is 5.73 Å². The van der Waals surface area contributed by atoms with Crippen LogP contribution in [-0.2, 0) is 4.79 Å². The molecule has 1 rings (SSSR count). The first-order chi connectivity index (χ1) is 6.11. The van der Waals surface area contributed by atoms with E-state index in [1.54, 1.807) is 18.5 Å². The van der Waals surface area contributed by atoms with Gasteiger partial charge >= 0.3 is 0 Å². The van der Waals surface area contributed by atoms with Crippen LogP contribution in [0.1, 0.15) is 12.5 Å². The number of nitrogen functional groups attached to an aromatic ring is 1. The molecule has 4 heteroatoms. The minimum Gasteiger partial charge on any atom is -0.397 e. The Morgan fingerprint density at radius 1 is 1.62 bits per heavy atom. The first-order valence-electron chi connectivity index (χ1n) is 3.69. The summed E-state index contributed by atoms with van der Waals surface area (Å²) in [5.74, 6) is -0.0145. The van der Waals surface area contributed by atoms with Crippen molar-refractivity contribution < 1.29 is 4.79 Å². The molecule has 0 aromatic carbocycles. The number of hydrogen-bond acceptors (Lipinski definition) is 3. The largest absolute Gasteiger partial charge is 0.397 e. The molecule has 0 aliphatic rings. The molecule has 0 saturated heterocycles. The summed E-state index contributed by atoms with van der Waals surface area (Å²) < 4.78 is 0.734. The number of carbonyl (C=O) groups is 1. The fourth-order valence-electron chi connectivity index (χ4n) is 0.800. The Bertz CT molecular complexity index is 361. The lowest BCUT2D eigenvalue weighted by molar-refractivity contribution is -0.112. The number of ketones is 1. The lowest BCUT2D eigenvalue weighted by Crippen LogP contribution is -1.92. The van der Waals surface area contributed by atoms with Gasteiger partial charge in [0, 0.05) is 18.0 Å². The van der Waals surface area contributed by atoms with Crippen molar-refractivity contribution in [1.82, 2.24) is 4.98 Å². The summed E-state index contributed by atoms with van der Waals surface area (Å²) >= 11 is 3.25. The number of halogens is 1. The van der Waals surface area contributed by atoms with Gasteiger partial charge in [0.15, 0.2) is 5.78 Å². The Morgan fingerprint density at radius 3 is 2.92 bits per heavy atom. The van der Waals surface area contributed by atoms with Gasteiger partial charge in [-0.3, -0.25) is 9.78 Å². The fraction of sp³-hybridized carbons (Fsp3) is 0.111. The van der Waals surface area contributed by atoms with Crippen LogP contribution in [0.5, 0.6) is 0 Å². The summed E-state index contributed by atoms with van der Waals surface area (Å²) in [7, 11) is 0. The highest BCUT2D eigenvalue weighted by atomic mass is 79.9. The summed E-state index contributed by atoms with van der Waals surface area (Å²) in [5.41, 5.74) is 7.05. The van der Waals surface area contributed by atoms with E-state index < -0.39 is 0 Å². The SMILES string of the molecule is CC(=O)C=Cc1cncc(Br)c1N. The number of carbonyl (C=O) groups excluding carboxylic acids is 1. The summed E-state index contributed by atoms with van der Waals surface area (Å²) in [6, 6.07) is 0. The van der Waals surface area contributed by atoms with Gasteiger partial charge in [0.05, 0.1) is 10.2 Å². The third-order valence-electron chi connectivity index (χ3n) is 1.47. The Hall–Kier alpha value is -1.16. The molecule has 2 N–H and O–H groups in total. The quantitative estimate of drug-likeness (QED) is 0.806. The molecule has 1 heterocycles. The molecule has 13 heavy (non-hydrogen) atoms. The minimum absolute atomic E-state index is 0.0145. The smallest absolute Gasteiger partial charge is 0.152 e. The van der Waals surface area contributed by atoms with Gasteiger partial charge in [-0.2, -0.15) is 0 Å². The normalized spacial score (nSPS) is 10.6. The van der Waals surface area contributed by atoms with Crippen LogP contribution in [0.3, 0.4) is 0 Å². The Kier molecular flexibility index (Phi) is 3.19. The molecule has 0 amide bonds. The van der Waals surface area contributed by atoms with Crippen molar-refractivity contribution in [3.05, 3.63) is 28.5 Å². The minimum atomic E-state index is -0.0145. The zero-order chi connectivity index (χ0) is 9.84. The highest BCUT2D eigenvalue weighted by Crippen LogP contribution is 2.22. The monoisotopic (exact) mass is 240 g/mol. The molecular weight excluding hydrogens is 232 g/mol. The number of nitrogens with two attached hydrogens (primary N) is 1. The molecule has 0 atom stereocenters. The summed E-state index contributed by atoms with van der Waals surface area (Å²) in [4.78, 5) is 14.6. The maximum absolute atomic E-state index is 10.7. The van der Waals surface area contributed by atoms with E-state index in [-0.39, 0.29) is 5.78 Å². The second-order valence-corrected chi connectivity index (χ2v) is 3.42. The molecule has 68 valence electrons. The average molecular weight is 241 g/mol. The van der Waals surface area contributed by atoms with Crippen LogP contribution in [0.4, 0.5) is 5.69 Å². The summed E-state index contributed by atoms with van der Waals surface area (Å²) in [6.45, 7) is 1.48. The molecule has 0 radical (unpaired) electrons. The van der Waals surface area contributed by atoms with Crippen molar-refractivity contribution >= 4 is 33.5 Å². The maximum atomic E-state index is 10.7. The Balaban J connectivity index is 3.02. The van der Waals surface area contributed by atoms with Crippen LogP contribution < -0.4 is 5.73 Å². The molecular formula is C9H9BrN2O. The highest BCUT2D eigenvalue weighted by molar-refractivity contribution is 9.10. The van der Waals surface area contributed by atoms with Gasteiger partial charge in [0.25, 0.3) is 0 Å². The highest BCUT2D eigenvalue weighted by Gasteiger charge is 1.99. The average Bonchev–Trinajstić information content (AvgIpc) is 2.07. The van der Waals surface area contributed by atoms with Gasteiger partial charge in [-0.1, -0.05) is 0 Å². The second kappa shape index (κ2) is 4.18. The third-order valence-corrected chi connectivity index (χ3v) is 2.10. The van der Waals surface area contributed by atoms with Gasteiger partial charge < -0.3 is 5.73 Å². The Morgan fingerprint density at radius 2 is 2.31 bits per heavy atom. The van der Waals surface area contributed by atoms with E-state index in [4.69, 9.17) is 5.73 Å². The van der Waals surface area contributed by atoms with E-state index >= 15 is 0 Å². The predicted molar refractivity (Wildman–Crippen MR) is 56.1 cm³/mol. The number of rotatable bonds is 2. The molecule has 0 aliphatic heterocycles. The molecule has 0 saturated carbocycles. The fourth-order valence-corrected chi connectivity index (χ4v) is 1.15. The maximum Gasteiger partial charge on any atom is 0.152 e. The number of pyridine rings is 1. The van der Waals surface area contributed by atoms with Crippen LogP contribution >= 0.6 is 15.9 Å². The van der Waals surface area contributed by atoms with Crippen LogP contribution in [0.15, 0.2) is 22.9 Å². The lowest BCUT2D eigenvalue weighted by atomic mass is 10.2. The molecule has 0 aliphatic carbocycles. The van der Waals surface area contributed by atoms with Crippen molar-refractivity contribution in [3.8, 4) is 0 Å². The van der Waals surface area contributed by atoms with Crippen LogP contribution in [0.25, 0.3) is 6.08 Å². The zero-order valence-electron chi connectivity index (χ0n) is 7.12. The zero-order valence-corrected chi connectivity index (χ0v) is 8.71. The molecule has 0 spiro atoms. The van der Waals surface area contributed by atoms with E-state index in [1.165, 1.54) is 13.0 Å². The van der Waals surface area contributed by atoms with Crippen molar-refractivity contribution in [2.45, 2.75) is 6.92 Å². The first kappa shape index (κ1) is 9.92. The van der Waals surface area contributed by atoms with E-state index in [9.17, 15) is 4.79 Å². The number of allylic oxidation sites excluding steroid dienone is 1. The van der Waals surface area contributed by atoms with Gasteiger partial charge in [-0.25, -0.2) is 0 Å². The van der Waals surface area contributed by atoms with Crippen molar-refractivity contribution in [2.24, 2.45) is 0 Å². The molecule has 0 fully saturated rings. The van der Waals surface area contributed by atoms with E-state index in [1.807, 2.05) is 0 Å². The molecule has 1 aromatic heterocycles. The number of hydrogen-bond donors (Lipinski definition) is 1. The van der Waals surface area contributed by atoms with Crippen molar-refractivity contribution in [1.29, 1.82) is 0 Å². The van der Waals surface area contributed by atoms with Crippen LogP contribution in [0, 0.1) is 0 Å². The van der Waals surface area contributed by atoms with E-state index in [0.717, 1.165) is 10.0 Å². The standard InChI is InChI=1S/C9H9BrN2O/c1-6(13)2-3-7-4-12-5-8(10)9(7)11/h2-5H,1H3,(H2,11,12). The topological polar surface area (TPSA) is 56.0 Å². The Labute approximate surface area is 84.8 Å². The van der Waals surface area contributed by atoms with Gasteiger partial charge in [-0.15, -0.1) is 0 Å².